The Labute approximate surface area is 149 Å². The summed E-state index contributed by atoms with van der Waals surface area (Å²) >= 11 is 8.74. The van der Waals surface area contributed by atoms with E-state index in [9.17, 15) is 4.79 Å². The molecule has 0 unspecified atom stereocenters. The van der Waals surface area contributed by atoms with Crippen molar-refractivity contribution in [1.82, 2.24) is 24.6 Å². The van der Waals surface area contributed by atoms with Gasteiger partial charge in [0.05, 0.1) is 5.69 Å². The first-order valence-corrected chi connectivity index (χ1v) is 9.20. The average molecular weight is 376 g/mol. The van der Waals surface area contributed by atoms with Crippen molar-refractivity contribution in [3.05, 3.63) is 63.0 Å². The quantitative estimate of drug-likeness (QED) is 0.552. The third-order valence-corrected chi connectivity index (χ3v) is 5.18. The number of nitrogens with one attached hydrogen (secondary N) is 1. The first kappa shape index (κ1) is 15.4. The molecular formula is C15H10ClN5OS2. The summed E-state index contributed by atoms with van der Waals surface area (Å²) in [5.41, 5.74) is 1.55. The summed E-state index contributed by atoms with van der Waals surface area (Å²) in [5.74, 6) is 1.21. The molecule has 1 N–H and O–H groups in total. The minimum atomic E-state index is -0.0753. The van der Waals surface area contributed by atoms with Crippen molar-refractivity contribution < 1.29 is 0 Å². The molecule has 0 amide bonds. The molecule has 3 aromatic heterocycles. The van der Waals surface area contributed by atoms with E-state index in [0.717, 1.165) is 5.56 Å². The molecule has 0 atom stereocenters. The van der Waals surface area contributed by atoms with Crippen molar-refractivity contribution in [2.24, 2.45) is 0 Å². The normalized spacial score (nSPS) is 11.2. The summed E-state index contributed by atoms with van der Waals surface area (Å²) in [6.07, 6.45) is 1.72. The summed E-state index contributed by atoms with van der Waals surface area (Å²) in [6.45, 7) is 0. The van der Waals surface area contributed by atoms with Gasteiger partial charge in [0.2, 0.25) is 5.16 Å². The molecular weight excluding hydrogens is 366 g/mol. The van der Waals surface area contributed by atoms with E-state index < -0.39 is 0 Å². The fourth-order valence-corrected chi connectivity index (χ4v) is 3.70. The molecule has 0 spiro atoms. The van der Waals surface area contributed by atoms with Crippen LogP contribution in [-0.4, -0.2) is 24.6 Å². The molecule has 0 aliphatic rings. The van der Waals surface area contributed by atoms with Crippen LogP contribution >= 0.6 is 34.7 Å². The highest BCUT2D eigenvalue weighted by molar-refractivity contribution is 7.98. The Hall–Kier alpha value is -2.16. The van der Waals surface area contributed by atoms with E-state index in [4.69, 9.17) is 11.6 Å². The number of thioether (sulfide) groups is 1. The number of fused-ring (bicyclic) bond motifs is 1. The van der Waals surface area contributed by atoms with Gasteiger partial charge in [0.25, 0.3) is 5.56 Å². The van der Waals surface area contributed by atoms with Crippen molar-refractivity contribution in [3.63, 3.8) is 0 Å². The monoisotopic (exact) mass is 375 g/mol. The fraction of sp³-hybridized carbons (Fsp3) is 0.0667. The number of H-pyrrole nitrogens is 1. The molecule has 24 heavy (non-hydrogen) atoms. The van der Waals surface area contributed by atoms with E-state index in [0.29, 0.717) is 32.4 Å². The maximum Gasteiger partial charge on any atom is 0.258 e. The van der Waals surface area contributed by atoms with Crippen LogP contribution in [0.25, 0.3) is 16.3 Å². The minimum Gasteiger partial charge on any atom is -0.269 e. The van der Waals surface area contributed by atoms with Gasteiger partial charge < -0.3 is 0 Å². The number of thiazole rings is 1. The number of hydrogen-bond donors (Lipinski definition) is 1. The van der Waals surface area contributed by atoms with Crippen LogP contribution < -0.4 is 5.56 Å². The molecule has 4 aromatic rings. The fourth-order valence-electron chi connectivity index (χ4n) is 2.15. The van der Waals surface area contributed by atoms with Gasteiger partial charge in [-0.25, -0.2) is 9.97 Å². The standard InChI is InChI=1S/C15H10ClN5OS2/c16-10-3-1-9(2-4-10)13-18-14(20-19-13)24-8-11-7-12(22)21-5-6-23-15(21)17-11/h1-7H,8H2,(H,18,19,20). The first-order valence-electron chi connectivity index (χ1n) is 6.96. The molecule has 0 aliphatic carbocycles. The lowest BCUT2D eigenvalue weighted by Gasteiger charge is -1.98. The smallest absolute Gasteiger partial charge is 0.258 e. The van der Waals surface area contributed by atoms with Crippen LogP contribution in [0.3, 0.4) is 0 Å². The lowest BCUT2D eigenvalue weighted by molar-refractivity contribution is 0.970. The van der Waals surface area contributed by atoms with E-state index in [2.05, 4.69) is 20.2 Å². The highest BCUT2D eigenvalue weighted by atomic mass is 35.5. The Morgan fingerprint density at radius 1 is 1.25 bits per heavy atom. The van der Waals surface area contributed by atoms with Crippen molar-refractivity contribution in [2.75, 3.05) is 0 Å². The number of hydrogen-bond acceptors (Lipinski definition) is 6. The van der Waals surface area contributed by atoms with Crippen molar-refractivity contribution in [2.45, 2.75) is 10.9 Å². The van der Waals surface area contributed by atoms with E-state index >= 15 is 0 Å². The van der Waals surface area contributed by atoms with Crippen LogP contribution in [0.5, 0.6) is 0 Å². The van der Waals surface area contributed by atoms with Crippen molar-refractivity contribution in [3.8, 4) is 11.4 Å². The van der Waals surface area contributed by atoms with E-state index in [1.165, 1.54) is 27.5 Å². The summed E-state index contributed by atoms with van der Waals surface area (Å²) in [6, 6.07) is 8.91. The van der Waals surface area contributed by atoms with E-state index in [1.54, 1.807) is 24.4 Å². The average Bonchev–Trinajstić information content (AvgIpc) is 3.23. The number of benzene rings is 1. The summed E-state index contributed by atoms with van der Waals surface area (Å²) in [4.78, 5) is 21.6. The van der Waals surface area contributed by atoms with Gasteiger partial charge in [-0.1, -0.05) is 23.4 Å². The molecule has 6 nitrogen and oxygen atoms in total. The molecule has 0 saturated heterocycles. The van der Waals surface area contributed by atoms with Gasteiger partial charge in [-0.2, -0.15) is 0 Å². The number of nitrogens with zero attached hydrogens (tertiary/aromatic N) is 4. The largest absolute Gasteiger partial charge is 0.269 e. The second-order valence-electron chi connectivity index (χ2n) is 4.90. The summed E-state index contributed by atoms with van der Waals surface area (Å²) < 4.78 is 1.53. The number of halogens is 1. The predicted molar refractivity (Wildman–Crippen MR) is 95.7 cm³/mol. The zero-order valence-electron chi connectivity index (χ0n) is 12.1. The van der Waals surface area contributed by atoms with Gasteiger partial charge in [0, 0.05) is 34.0 Å². The molecule has 120 valence electrons. The van der Waals surface area contributed by atoms with Crippen LogP contribution in [0, 0.1) is 0 Å². The second-order valence-corrected chi connectivity index (χ2v) is 7.16. The third-order valence-electron chi connectivity index (χ3n) is 3.29. The third kappa shape index (κ3) is 3.08. The molecule has 4 rings (SSSR count). The van der Waals surface area contributed by atoms with Crippen LogP contribution in [0.4, 0.5) is 0 Å². The summed E-state index contributed by atoms with van der Waals surface area (Å²) in [7, 11) is 0. The van der Waals surface area contributed by atoms with Gasteiger partial charge in [-0.3, -0.25) is 14.3 Å². The highest BCUT2D eigenvalue weighted by Gasteiger charge is 2.09. The molecule has 0 fully saturated rings. The van der Waals surface area contributed by atoms with Gasteiger partial charge in [-0.15, -0.1) is 16.4 Å². The SMILES string of the molecule is O=c1cc(CSc2n[nH]c(-c3ccc(Cl)cc3)n2)nc2sccn12. The van der Waals surface area contributed by atoms with Crippen molar-refractivity contribution in [1.29, 1.82) is 0 Å². The maximum absolute atomic E-state index is 12.0. The lowest BCUT2D eigenvalue weighted by Crippen LogP contribution is -2.12. The Kier molecular flexibility index (Phi) is 4.09. The van der Waals surface area contributed by atoms with Gasteiger partial charge in [0.15, 0.2) is 10.8 Å². The molecule has 0 saturated carbocycles. The van der Waals surface area contributed by atoms with Crippen LogP contribution in [0.1, 0.15) is 5.69 Å². The van der Waals surface area contributed by atoms with Gasteiger partial charge in [0.1, 0.15) is 0 Å². The zero-order chi connectivity index (χ0) is 16.5. The minimum absolute atomic E-state index is 0.0753. The Bertz CT molecular complexity index is 1050. The molecule has 3 heterocycles. The van der Waals surface area contributed by atoms with Gasteiger partial charge in [-0.05, 0) is 24.3 Å². The van der Waals surface area contributed by atoms with Crippen molar-refractivity contribution >= 4 is 39.7 Å². The second kappa shape index (κ2) is 6.39. The summed E-state index contributed by atoms with van der Waals surface area (Å²) in [5, 5.41) is 10.2. The highest BCUT2D eigenvalue weighted by Crippen LogP contribution is 2.23. The van der Waals surface area contributed by atoms with E-state index in [1.807, 2.05) is 17.5 Å². The first-order chi connectivity index (χ1) is 11.7. The molecule has 1 aromatic carbocycles. The predicted octanol–water partition coefficient (Wildman–Crippen LogP) is 3.49. The Morgan fingerprint density at radius 2 is 2.08 bits per heavy atom. The molecule has 0 bridgehead atoms. The number of rotatable bonds is 4. The lowest BCUT2D eigenvalue weighted by atomic mass is 10.2. The topological polar surface area (TPSA) is 75.9 Å². The van der Waals surface area contributed by atoms with Crippen LogP contribution in [0.15, 0.2) is 51.9 Å². The Morgan fingerprint density at radius 3 is 2.92 bits per heavy atom. The zero-order valence-corrected chi connectivity index (χ0v) is 14.5. The maximum atomic E-state index is 12.0. The van der Waals surface area contributed by atoms with Crippen LogP contribution in [-0.2, 0) is 5.75 Å². The van der Waals surface area contributed by atoms with E-state index in [-0.39, 0.29) is 5.56 Å². The van der Waals surface area contributed by atoms with Gasteiger partial charge >= 0.3 is 0 Å². The molecule has 0 radical (unpaired) electrons. The Balaban J connectivity index is 1.51. The number of aromatic nitrogens is 5. The van der Waals surface area contributed by atoms with Crippen LogP contribution in [0.2, 0.25) is 5.02 Å². The molecule has 9 heteroatoms. The number of aromatic amines is 1. The molecule has 0 aliphatic heterocycles.